The van der Waals surface area contributed by atoms with E-state index in [4.69, 9.17) is 11.7 Å². The number of aryl methyl sites for hydroxylation is 1. The molecule has 106 valence electrons. The Balaban J connectivity index is 2.41. The van der Waals surface area contributed by atoms with Crippen molar-refractivity contribution in [1.29, 1.82) is 5.26 Å². The third-order valence-electron chi connectivity index (χ3n) is 2.35. The van der Waals surface area contributed by atoms with E-state index in [2.05, 4.69) is 31.5 Å². The maximum Gasteiger partial charge on any atom is 0.205 e. The fraction of sp³-hybridized carbons (Fsp3) is 0.417. The molecule has 0 aliphatic carbocycles. The van der Waals surface area contributed by atoms with Crippen molar-refractivity contribution in [3.63, 3.8) is 0 Å². The number of hydrogen-bond donors (Lipinski definition) is 3. The Hall–Kier alpha value is -2.32. The van der Waals surface area contributed by atoms with Crippen LogP contribution in [0.25, 0.3) is 0 Å². The van der Waals surface area contributed by atoms with Crippen molar-refractivity contribution < 1.29 is 4.21 Å². The second kappa shape index (κ2) is 8.73. The highest BCUT2D eigenvalue weighted by molar-refractivity contribution is 7.84. The van der Waals surface area contributed by atoms with E-state index >= 15 is 0 Å². The number of terminal acetylenes is 1. The van der Waals surface area contributed by atoms with Gasteiger partial charge in [0.05, 0.1) is 30.9 Å². The van der Waals surface area contributed by atoms with Gasteiger partial charge in [-0.15, -0.1) is 6.42 Å². The number of nitrogens with zero attached hydrogens (tertiary/aromatic N) is 3. The number of aromatic amines is 1. The molecule has 1 heterocycles. The summed E-state index contributed by atoms with van der Waals surface area (Å²) in [5, 5.41) is 13.7. The summed E-state index contributed by atoms with van der Waals surface area (Å²) in [6.45, 7) is 2.48. The number of nitrogens with one attached hydrogen (secondary N) is 3. The van der Waals surface area contributed by atoms with Gasteiger partial charge in [0, 0.05) is 22.2 Å². The molecule has 7 nitrogen and oxygen atoms in total. The molecule has 1 aromatic heterocycles. The monoisotopic (exact) mass is 292 g/mol. The molecule has 20 heavy (non-hydrogen) atoms. The summed E-state index contributed by atoms with van der Waals surface area (Å²) in [6.07, 6.45) is 8.44. The van der Waals surface area contributed by atoms with Crippen LogP contribution in [0.1, 0.15) is 11.4 Å². The van der Waals surface area contributed by atoms with E-state index < -0.39 is 10.8 Å². The first-order valence-corrected chi connectivity index (χ1v) is 7.37. The maximum atomic E-state index is 11.9. The van der Waals surface area contributed by atoms with Crippen LogP contribution >= 0.6 is 0 Å². The fourth-order valence-corrected chi connectivity index (χ4v) is 2.38. The average molecular weight is 292 g/mol. The van der Waals surface area contributed by atoms with Crippen molar-refractivity contribution >= 4 is 16.8 Å². The molecule has 0 radical (unpaired) electrons. The minimum Gasteiger partial charge on any atom is -0.348 e. The number of aliphatic imine (C=N–C) groups is 1. The molecule has 1 unspecified atom stereocenters. The Morgan fingerprint density at radius 1 is 1.70 bits per heavy atom. The minimum absolute atomic E-state index is 0.267. The predicted octanol–water partition coefficient (Wildman–Crippen LogP) is -0.384. The lowest BCUT2D eigenvalue weighted by atomic mass is 10.4. The van der Waals surface area contributed by atoms with Crippen LogP contribution in [0.15, 0.2) is 11.3 Å². The van der Waals surface area contributed by atoms with Crippen molar-refractivity contribution in [1.82, 2.24) is 20.6 Å². The summed E-state index contributed by atoms with van der Waals surface area (Å²) in [7, 11) is -1.05. The highest BCUT2D eigenvalue weighted by Crippen LogP contribution is 2.04. The van der Waals surface area contributed by atoms with Crippen molar-refractivity contribution in [2.45, 2.75) is 12.7 Å². The van der Waals surface area contributed by atoms with Crippen LogP contribution in [0, 0.1) is 30.7 Å². The zero-order valence-corrected chi connectivity index (χ0v) is 12.0. The molecule has 0 saturated heterocycles. The van der Waals surface area contributed by atoms with Gasteiger partial charge in [-0.1, -0.05) is 5.92 Å². The smallest absolute Gasteiger partial charge is 0.205 e. The van der Waals surface area contributed by atoms with Gasteiger partial charge in [0.15, 0.2) is 6.19 Å². The number of H-pyrrole nitrogens is 1. The highest BCUT2D eigenvalue weighted by Gasteiger charge is 2.06. The van der Waals surface area contributed by atoms with E-state index in [0.717, 1.165) is 11.4 Å². The lowest BCUT2D eigenvalue weighted by Crippen LogP contribution is -2.35. The lowest BCUT2D eigenvalue weighted by molar-refractivity contribution is 0.681. The van der Waals surface area contributed by atoms with Gasteiger partial charge >= 0.3 is 0 Å². The van der Waals surface area contributed by atoms with Crippen LogP contribution in [0.5, 0.6) is 0 Å². The first-order valence-electron chi connectivity index (χ1n) is 5.88. The van der Waals surface area contributed by atoms with Gasteiger partial charge in [-0.3, -0.25) is 14.5 Å². The molecule has 0 aliphatic heterocycles. The molecular formula is C12H16N6OS. The summed E-state index contributed by atoms with van der Waals surface area (Å²) in [5.74, 6) is 3.45. The second-order valence-corrected chi connectivity index (χ2v) is 5.36. The molecule has 0 spiro atoms. The first kappa shape index (κ1) is 15.7. The van der Waals surface area contributed by atoms with Crippen LogP contribution in [-0.4, -0.2) is 39.0 Å². The van der Waals surface area contributed by atoms with Gasteiger partial charge in [-0.25, -0.2) is 4.98 Å². The van der Waals surface area contributed by atoms with E-state index in [0.29, 0.717) is 24.0 Å². The molecule has 0 amide bonds. The van der Waals surface area contributed by atoms with Gasteiger partial charge in [-0.05, 0) is 6.92 Å². The molecule has 1 rings (SSSR count). The van der Waals surface area contributed by atoms with E-state index in [-0.39, 0.29) is 6.54 Å². The maximum absolute atomic E-state index is 11.9. The highest BCUT2D eigenvalue weighted by atomic mass is 32.2. The Morgan fingerprint density at radius 3 is 3.10 bits per heavy atom. The zero-order valence-electron chi connectivity index (χ0n) is 11.1. The SMILES string of the molecule is C#CCNC(=NCCS(=O)Cc1nc[nH]c1C)NC#N. The topological polar surface area (TPSA) is 106 Å². The Labute approximate surface area is 120 Å². The number of nitriles is 1. The molecule has 0 saturated carbocycles. The standard InChI is InChI=1S/C12H16N6OS/c1-3-4-14-12(16-8-13)15-5-6-20(19)7-11-10(2)17-9-18-11/h1,9H,4-7H2,2H3,(H,17,18)(H2,14,15,16). The first-order chi connectivity index (χ1) is 9.67. The van der Waals surface area contributed by atoms with E-state index in [1.807, 2.05) is 6.92 Å². The normalized spacial score (nSPS) is 12.2. The summed E-state index contributed by atoms with van der Waals surface area (Å²) in [4.78, 5) is 11.1. The molecular weight excluding hydrogens is 276 g/mol. The van der Waals surface area contributed by atoms with Crippen molar-refractivity contribution in [2.24, 2.45) is 4.99 Å². The molecule has 1 aromatic rings. The van der Waals surface area contributed by atoms with E-state index in [1.54, 1.807) is 12.5 Å². The Bertz CT molecular complexity index is 565. The molecule has 0 bridgehead atoms. The second-order valence-electron chi connectivity index (χ2n) is 3.79. The molecule has 8 heteroatoms. The van der Waals surface area contributed by atoms with Crippen LogP contribution in [-0.2, 0) is 16.6 Å². The van der Waals surface area contributed by atoms with Crippen molar-refractivity contribution in [3.8, 4) is 18.5 Å². The molecule has 0 aromatic carbocycles. The summed E-state index contributed by atoms with van der Waals surface area (Å²) >= 11 is 0. The molecule has 1 atom stereocenters. The number of rotatable bonds is 6. The number of imidazole rings is 1. The van der Waals surface area contributed by atoms with Gasteiger partial charge < -0.3 is 10.3 Å². The molecule has 0 fully saturated rings. The van der Waals surface area contributed by atoms with Gasteiger partial charge in [0.1, 0.15) is 0 Å². The largest absolute Gasteiger partial charge is 0.348 e. The summed E-state index contributed by atoms with van der Waals surface area (Å²) < 4.78 is 11.9. The Morgan fingerprint density at radius 2 is 2.50 bits per heavy atom. The van der Waals surface area contributed by atoms with Gasteiger partial charge in [0.2, 0.25) is 5.96 Å². The third kappa shape index (κ3) is 5.55. The van der Waals surface area contributed by atoms with Crippen LogP contribution < -0.4 is 10.6 Å². The minimum atomic E-state index is -1.05. The van der Waals surface area contributed by atoms with Crippen LogP contribution in [0.3, 0.4) is 0 Å². The Kier molecular flexibility index (Phi) is 6.87. The third-order valence-corrected chi connectivity index (χ3v) is 3.59. The lowest BCUT2D eigenvalue weighted by Gasteiger charge is -2.04. The van der Waals surface area contributed by atoms with E-state index in [9.17, 15) is 4.21 Å². The van der Waals surface area contributed by atoms with E-state index in [1.165, 1.54) is 0 Å². The number of guanidine groups is 1. The molecule has 0 aliphatic rings. The quantitative estimate of drug-likeness (QED) is 0.218. The van der Waals surface area contributed by atoms with Gasteiger partial charge in [0.25, 0.3) is 0 Å². The fourth-order valence-electron chi connectivity index (χ4n) is 1.34. The average Bonchev–Trinajstić information content (AvgIpc) is 2.81. The van der Waals surface area contributed by atoms with Crippen LogP contribution in [0.4, 0.5) is 0 Å². The zero-order chi connectivity index (χ0) is 14.8. The number of hydrogen-bond acceptors (Lipinski definition) is 4. The van der Waals surface area contributed by atoms with Gasteiger partial charge in [-0.2, -0.15) is 5.26 Å². The predicted molar refractivity (Wildman–Crippen MR) is 77.9 cm³/mol. The number of aromatic nitrogens is 2. The summed E-state index contributed by atoms with van der Waals surface area (Å²) in [6, 6.07) is 0. The van der Waals surface area contributed by atoms with Crippen molar-refractivity contribution in [3.05, 3.63) is 17.7 Å². The molecule has 3 N–H and O–H groups in total. The van der Waals surface area contributed by atoms with Crippen molar-refractivity contribution in [2.75, 3.05) is 18.8 Å². The van der Waals surface area contributed by atoms with Crippen LogP contribution in [0.2, 0.25) is 0 Å². The summed E-state index contributed by atoms with van der Waals surface area (Å²) in [5.41, 5.74) is 1.72.